The van der Waals surface area contributed by atoms with Gasteiger partial charge in [-0.15, -0.1) is 0 Å². The van der Waals surface area contributed by atoms with Crippen LogP contribution in [-0.2, 0) is 9.59 Å². The molecular weight excluding hydrogens is 268 g/mol. The van der Waals surface area contributed by atoms with E-state index in [9.17, 15) is 9.59 Å². The van der Waals surface area contributed by atoms with Crippen molar-refractivity contribution in [2.75, 3.05) is 17.2 Å². The number of fused-ring (bicyclic) bond motifs is 1. The van der Waals surface area contributed by atoms with Gasteiger partial charge in [-0.05, 0) is 18.6 Å². The highest BCUT2D eigenvalue weighted by Crippen LogP contribution is 2.30. The van der Waals surface area contributed by atoms with Crippen LogP contribution in [0.15, 0.2) is 30.5 Å². The number of rotatable bonds is 2. The van der Waals surface area contributed by atoms with Crippen LogP contribution in [0.2, 0.25) is 0 Å². The molecule has 0 radical (unpaired) electrons. The third-order valence-electron chi connectivity index (χ3n) is 3.73. The minimum Gasteiger partial charge on any atom is -0.397 e. The zero-order valence-corrected chi connectivity index (χ0v) is 11.7. The van der Waals surface area contributed by atoms with E-state index in [1.807, 2.05) is 30.0 Å². The maximum absolute atomic E-state index is 12.0. The largest absolute Gasteiger partial charge is 0.397 e. The Labute approximate surface area is 121 Å². The van der Waals surface area contributed by atoms with Gasteiger partial charge in [-0.3, -0.25) is 19.9 Å². The lowest BCUT2D eigenvalue weighted by Crippen LogP contribution is -2.58. The summed E-state index contributed by atoms with van der Waals surface area (Å²) in [7, 11) is 0. The van der Waals surface area contributed by atoms with Crippen molar-refractivity contribution in [2.45, 2.75) is 19.4 Å². The first kappa shape index (κ1) is 13.4. The molecule has 108 valence electrons. The fraction of sp³-hybridized carbons (Fsp3) is 0.267. The SMILES string of the molecule is CCC1C(=O)NC(=O)CN1c1ccnc2c(N)cccc12. The van der Waals surface area contributed by atoms with Crippen molar-refractivity contribution in [1.82, 2.24) is 10.3 Å². The first-order chi connectivity index (χ1) is 10.1. The Morgan fingerprint density at radius 2 is 2.19 bits per heavy atom. The van der Waals surface area contributed by atoms with Gasteiger partial charge < -0.3 is 10.6 Å². The van der Waals surface area contributed by atoms with Crippen molar-refractivity contribution in [1.29, 1.82) is 0 Å². The minimum absolute atomic E-state index is 0.151. The molecule has 2 aromatic rings. The predicted molar refractivity (Wildman–Crippen MR) is 80.7 cm³/mol. The van der Waals surface area contributed by atoms with Crippen LogP contribution in [0.4, 0.5) is 11.4 Å². The highest BCUT2D eigenvalue weighted by Gasteiger charge is 2.33. The summed E-state index contributed by atoms with van der Waals surface area (Å²) in [4.78, 5) is 29.8. The van der Waals surface area contributed by atoms with Crippen LogP contribution >= 0.6 is 0 Å². The number of hydrogen-bond acceptors (Lipinski definition) is 5. The second-order valence-corrected chi connectivity index (χ2v) is 5.04. The fourth-order valence-electron chi connectivity index (χ4n) is 2.76. The Morgan fingerprint density at radius 1 is 1.38 bits per heavy atom. The number of hydrogen-bond donors (Lipinski definition) is 2. The molecule has 1 fully saturated rings. The molecule has 1 saturated heterocycles. The van der Waals surface area contributed by atoms with Crippen LogP contribution in [0.3, 0.4) is 0 Å². The number of benzene rings is 1. The number of nitrogen functional groups attached to an aromatic ring is 1. The van der Waals surface area contributed by atoms with Crippen LogP contribution in [0.1, 0.15) is 13.3 Å². The van der Waals surface area contributed by atoms with Gasteiger partial charge in [0.25, 0.3) is 0 Å². The van der Waals surface area contributed by atoms with Crippen LogP contribution in [0.5, 0.6) is 0 Å². The predicted octanol–water partition coefficient (Wildman–Crippen LogP) is 1.06. The molecule has 1 unspecified atom stereocenters. The number of nitrogens with two attached hydrogens (primary N) is 1. The van der Waals surface area contributed by atoms with Crippen molar-refractivity contribution in [2.24, 2.45) is 0 Å². The summed E-state index contributed by atoms with van der Waals surface area (Å²) >= 11 is 0. The second-order valence-electron chi connectivity index (χ2n) is 5.04. The Balaban J connectivity index is 2.16. The molecule has 0 bridgehead atoms. The smallest absolute Gasteiger partial charge is 0.249 e. The van der Waals surface area contributed by atoms with Gasteiger partial charge in [0, 0.05) is 17.3 Å². The van der Waals surface area contributed by atoms with Crippen molar-refractivity contribution >= 4 is 34.1 Å². The molecule has 6 nitrogen and oxygen atoms in total. The lowest BCUT2D eigenvalue weighted by atomic mass is 10.1. The van der Waals surface area contributed by atoms with Gasteiger partial charge in [-0.25, -0.2) is 0 Å². The normalized spacial score (nSPS) is 18.9. The van der Waals surface area contributed by atoms with E-state index in [0.29, 0.717) is 17.6 Å². The Hall–Kier alpha value is -2.63. The fourth-order valence-corrected chi connectivity index (χ4v) is 2.76. The van der Waals surface area contributed by atoms with Crippen molar-refractivity contribution in [3.63, 3.8) is 0 Å². The van der Waals surface area contributed by atoms with E-state index in [2.05, 4.69) is 10.3 Å². The molecule has 21 heavy (non-hydrogen) atoms. The highest BCUT2D eigenvalue weighted by atomic mass is 16.2. The average molecular weight is 284 g/mol. The highest BCUT2D eigenvalue weighted by molar-refractivity contribution is 6.07. The van der Waals surface area contributed by atoms with Crippen LogP contribution in [0, 0.1) is 0 Å². The van der Waals surface area contributed by atoms with E-state index in [0.717, 1.165) is 11.1 Å². The number of anilines is 2. The van der Waals surface area contributed by atoms with Crippen LogP contribution < -0.4 is 16.0 Å². The molecule has 0 spiro atoms. The third-order valence-corrected chi connectivity index (χ3v) is 3.73. The van der Waals surface area contributed by atoms with Crippen molar-refractivity contribution in [3.8, 4) is 0 Å². The Bertz CT molecular complexity index is 729. The van der Waals surface area contributed by atoms with E-state index < -0.39 is 0 Å². The zero-order chi connectivity index (χ0) is 15.0. The third kappa shape index (κ3) is 2.18. The van der Waals surface area contributed by atoms with E-state index in [-0.39, 0.29) is 24.4 Å². The molecule has 1 atom stereocenters. The van der Waals surface area contributed by atoms with E-state index in [1.54, 1.807) is 12.3 Å². The molecule has 1 aromatic carbocycles. The summed E-state index contributed by atoms with van der Waals surface area (Å²) in [5.74, 6) is -0.554. The number of piperazine rings is 1. The van der Waals surface area contributed by atoms with Crippen LogP contribution in [-0.4, -0.2) is 29.4 Å². The van der Waals surface area contributed by atoms with Gasteiger partial charge >= 0.3 is 0 Å². The van der Waals surface area contributed by atoms with E-state index in [1.165, 1.54) is 0 Å². The van der Waals surface area contributed by atoms with Gasteiger partial charge in [-0.1, -0.05) is 19.1 Å². The molecule has 6 heteroatoms. The van der Waals surface area contributed by atoms with E-state index >= 15 is 0 Å². The number of carbonyl (C=O) groups is 2. The molecule has 2 heterocycles. The summed E-state index contributed by atoms with van der Waals surface area (Å²) in [5, 5.41) is 3.23. The van der Waals surface area contributed by atoms with Gasteiger partial charge in [0.1, 0.15) is 6.04 Å². The summed E-state index contributed by atoms with van der Waals surface area (Å²) < 4.78 is 0. The summed E-state index contributed by atoms with van der Waals surface area (Å²) in [5.41, 5.74) is 8.02. The standard InChI is InChI=1S/C15H16N4O2/c1-2-11-15(21)18-13(20)8-19(11)12-6-7-17-14-9(12)4-3-5-10(14)16/h3-7,11H,2,8,16H2,1H3,(H,18,20,21). The Kier molecular flexibility index (Phi) is 3.21. The summed E-state index contributed by atoms with van der Waals surface area (Å²) in [6.07, 6.45) is 2.27. The van der Waals surface area contributed by atoms with Crippen molar-refractivity contribution < 1.29 is 9.59 Å². The first-order valence-electron chi connectivity index (χ1n) is 6.85. The molecule has 3 rings (SSSR count). The first-order valence-corrected chi connectivity index (χ1v) is 6.85. The molecule has 3 N–H and O–H groups in total. The monoisotopic (exact) mass is 284 g/mol. The quantitative estimate of drug-likeness (QED) is 0.636. The number of imide groups is 1. The number of nitrogens with one attached hydrogen (secondary N) is 1. The lowest BCUT2D eigenvalue weighted by molar-refractivity contribution is -0.132. The van der Waals surface area contributed by atoms with Gasteiger partial charge in [0.2, 0.25) is 11.8 Å². The summed E-state index contributed by atoms with van der Waals surface area (Å²) in [6, 6.07) is 6.98. The summed E-state index contributed by atoms with van der Waals surface area (Å²) in [6.45, 7) is 2.07. The lowest BCUT2D eigenvalue weighted by Gasteiger charge is -2.35. The average Bonchev–Trinajstić information content (AvgIpc) is 2.46. The molecule has 0 aliphatic carbocycles. The number of aromatic nitrogens is 1. The number of amides is 2. The van der Waals surface area contributed by atoms with Crippen LogP contribution in [0.25, 0.3) is 10.9 Å². The number of nitrogens with zero attached hydrogens (tertiary/aromatic N) is 2. The second kappa shape index (κ2) is 5.05. The number of para-hydroxylation sites is 1. The van der Waals surface area contributed by atoms with E-state index in [4.69, 9.17) is 5.73 Å². The molecular formula is C15H16N4O2. The molecule has 1 aromatic heterocycles. The number of pyridine rings is 1. The zero-order valence-electron chi connectivity index (χ0n) is 11.7. The maximum Gasteiger partial charge on any atom is 0.249 e. The van der Waals surface area contributed by atoms with Gasteiger partial charge in [0.05, 0.1) is 17.7 Å². The minimum atomic E-state index is -0.366. The molecule has 1 aliphatic rings. The molecule has 2 amide bonds. The Morgan fingerprint density at radius 3 is 2.95 bits per heavy atom. The van der Waals surface area contributed by atoms with Gasteiger partial charge in [-0.2, -0.15) is 0 Å². The molecule has 1 aliphatic heterocycles. The number of carbonyl (C=O) groups excluding carboxylic acids is 2. The molecule has 0 saturated carbocycles. The van der Waals surface area contributed by atoms with Crippen molar-refractivity contribution in [3.05, 3.63) is 30.5 Å². The maximum atomic E-state index is 12.0. The topological polar surface area (TPSA) is 88.3 Å². The van der Waals surface area contributed by atoms with Gasteiger partial charge in [0.15, 0.2) is 0 Å².